The van der Waals surface area contributed by atoms with Crippen molar-refractivity contribution in [3.63, 3.8) is 0 Å². The largest absolute Gasteiger partial charge is 0.311 e. The van der Waals surface area contributed by atoms with Gasteiger partial charge in [-0.25, -0.2) is 0 Å². The van der Waals surface area contributed by atoms with Crippen LogP contribution in [0, 0.1) is 13.8 Å². The molecule has 0 fully saturated rings. The number of hydrogen-bond donors (Lipinski definition) is 1. The molecule has 1 heterocycles. The van der Waals surface area contributed by atoms with Crippen LogP contribution in [0.25, 0.3) is 0 Å². The van der Waals surface area contributed by atoms with Gasteiger partial charge in [-0.2, -0.15) is 0 Å². The normalized spacial score (nSPS) is 10.8. The highest BCUT2D eigenvalue weighted by Crippen LogP contribution is 2.17. The minimum absolute atomic E-state index is 0.821. The van der Waals surface area contributed by atoms with Crippen molar-refractivity contribution in [1.82, 2.24) is 15.5 Å². The Balaban J connectivity index is 2.04. The molecule has 0 radical (unpaired) electrons. The lowest BCUT2D eigenvalue weighted by Crippen LogP contribution is -2.11. The number of aryl methyl sites for hydroxylation is 2. The van der Waals surface area contributed by atoms with Crippen molar-refractivity contribution in [2.24, 2.45) is 0 Å². The van der Waals surface area contributed by atoms with Gasteiger partial charge in [0.15, 0.2) is 0 Å². The molecule has 0 atom stereocenters. The Kier molecular flexibility index (Phi) is 4.44. The molecular formula is C14H19N3S. The van der Waals surface area contributed by atoms with Crippen LogP contribution in [-0.4, -0.2) is 16.7 Å². The van der Waals surface area contributed by atoms with E-state index in [2.05, 4.69) is 54.5 Å². The van der Waals surface area contributed by atoms with Gasteiger partial charge in [0.05, 0.1) is 0 Å². The molecule has 0 aliphatic carbocycles. The average Bonchev–Trinajstić information content (AvgIpc) is 2.79. The number of benzene rings is 1. The van der Waals surface area contributed by atoms with Gasteiger partial charge in [-0.15, -0.1) is 10.2 Å². The summed E-state index contributed by atoms with van der Waals surface area (Å²) in [7, 11) is 0. The van der Waals surface area contributed by atoms with Crippen molar-refractivity contribution in [1.29, 1.82) is 0 Å². The van der Waals surface area contributed by atoms with Crippen LogP contribution in [-0.2, 0) is 13.0 Å². The molecule has 0 spiro atoms. The Morgan fingerprint density at radius 3 is 2.61 bits per heavy atom. The minimum atomic E-state index is 0.821. The maximum atomic E-state index is 4.24. The maximum Gasteiger partial charge on any atom is 0.131 e. The van der Waals surface area contributed by atoms with E-state index in [1.165, 1.54) is 16.7 Å². The topological polar surface area (TPSA) is 37.8 Å². The highest BCUT2D eigenvalue weighted by Gasteiger charge is 2.05. The van der Waals surface area contributed by atoms with Crippen molar-refractivity contribution in [3.05, 3.63) is 44.9 Å². The maximum absolute atomic E-state index is 4.24. The Bertz CT molecular complexity index is 520. The quantitative estimate of drug-likeness (QED) is 0.899. The SMILES string of the molecule is CCNCc1nnc(Cc2ccc(C)c(C)c2)s1. The molecule has 1 N–H and O–H groups in total. The van der Waals surface area contributed by atoms with E-state index in [9.17, 15) is 0 Å². The molecule has 1 aromatic carbocycles. The molecule has 0 aliphatic heterocycles. The second-order valence-electron chi connectivity index (χ2n) is 4.47. The van der Waals surface area contributed by atoms with Crippen LogP contribution >= 0.6 is 11.3 Å². The molecule has 0 unspecified atom stereocenters. The van der Waals surface area contributed by atoms with Gasteiger partial charge in [-0.05, 0) is 37.1 Å². The molecule has 96 valence electrons. The van der Waals surface area contributed by atoms with E-state index in [0.29, 0.717) is 0 Å². The molecule has 18 heavy (non-hydrogen) atoms. The Morgan fingerprint density at radius 2 is 1.89 bits per heavy atom. The van der Waals surface area contributed by atoms with Crippen molar-refractivity contribution in [3.8, 4) is 0 Å². The summed E-state index contributed by atoms with van der Waals surface area (Å²) in [5, 5.41) is 13.9. The number of nitrogens with zero attached hydrogens (tertiary/aromatic N) is 2. The van der Waals surface area contributed by atoms with Crippen LogP contribution in [0.3, 0.4) is 0 Å². The molecule has 0 saturated carbocycles. The number of nitrogens with one attached hydrogen (secondary N) is 1. The van der Waals surface area contributed by atoms with Gasteiger partial charge >= 0.3 is 0 Å². The van der Waals surface area contributed by atoms with Crippen molar-refractivity contribution >= 4 is 11.3 Å². The summed E-state index contributed by atoms with van der Waals surface area (Å²) in [5.74, 6) is 0. The molecular weight excluding hydrogens is 242 g/mol. The molecule has 0 aliphatic rings. The zero-order valence-corrected chi connectivity index (χ0v) is 12.0. The lowest BCUT2D eigenvalue weighted by Gasteiger charge is -2.02. The second-order valence-corrected chi connectivity index (χ2v) is 5.61. The van der Waals surface area contributed by atoms with E-state index >= 15 is 0 Å². The summed E-state index contributed by atoms with van der Waals surface area (Å²) in [5.41, 5.74) is 3.98. The average molecular weight is 261 g/mol. The number of aromatic nitrogens is 2. The second kappa shape index (κ2) is 6.07. The summed E-state index contributed by atoms with van der Waals surface area (Å²) >= 11 is 1.69. The third kappa shape index (κ3) is 3.37. The third-order valence-electron chi connectivity index (χ3n) is 2.96. The lowest BCUT2D eigenvalue weighted by molar-refractivity contribution is 0.714. The Morgan fingerprint density at radius 1 is 1.11 bits per heavy atom. The highest BCUT2D eigenvalue weighted by molar-refractivity contribution is 7.11. The molecule has 0 saturated heterocycles. The van der Waals surface area contributed by atoms with Gasteiger partial charge in [0, 0.05) is 13.0 Å². The Labute approximate surface area is 112 Å². The van der Waals surface area contributed by atoms with Gasteiger partial charge < -0.3 is 5.32 Å². The summed E-state index contributed by atoms with van der Waals surface area (Å²) in [4.78, 5) is 0. The molecule has 0 bridgehead atoms. The van der Waals surface area contributed by atoms with Crippen LogP contribution in [0.15, 0.2) is 18.2 Å². The smallest absolute Gasteiger partial charge is 0.131 e. The van der Waals surface area contributed by atoms with Crippen molar-refractivity contribution < 1.29 is 0 Å². The lowest BCUT2D eigenvalue weighted by atomic mass is 10.0. The van der Waals surface area contributed by atoms with E-state index in [1.54, 1.807) is 11.3 Å². The number of hydrogen-bond acceptors (Lipinski definition) is 4. The van der Waals surface area contributed by atoms with Crippen LogP contribution in [0.2, 0.25) is 0 Å². The molecule has 0 amide bonds. The van der Waals surface area contributed by atoms with Gasteiger partial charge in [0.2, 0.25) is 0 Å². The van der Waals surface area contributed by atoms with E-state index in [1.807, 2.05) is 0 Å². The van der Waals surface area contributed by atoms with Crippen LogP contribution in [0.5, 0.6) is 0 Å². The molecule has 3 nitrogen and oxygen atoms in total. The van der Waals surface area contributed by atoms with Gasteiger partial charge in [-0.1, -0.05) is 36.5 Å². The van der Waals surface area contributed by atoms with Crippen LogP contribution in [0.4, 0.5) is 0 Å². The van der Waals surface area contributed by atoms with E-state index in [0.717, 1.165) is 29.5 Å². The molecule has 1 aromatic heterocycles. The van der Waals surface area contributed by atoms with Gasteiger partial charge in [0.25, 0.3) is 0 Å². The molecule has 2 aromatic rings. The van der Waals surface area contributed by atoms with E-state index in [4.69, 9.17) is 0 Å². The summed E-state index contributed by atoms with van der Waals surface area (Å²) in [6, 6.07) is 6.58. The fourth-order valence-electron chi connectivity index (χ4n) is 1.75. The minimum Gasteiger partial charge on any atom is -0.311 e. The Hall–Kier alpha value is -1.26. The van der Waals surface area contributed by atoms with Gasteiger partial charge in [-0.3, -0.25) is 0 Å². The van der Waals surface area contributed by atoms with E-state index < -0.39 is 0 Å². The van der Waals surface area contributed by atoms with Crippen LogP contribution < -0.4 is 5.32 Å². The van der Waals surface area contributed by atoms with Crippen molar-refractivity contribution in [2.75, 3.05) is 6.54 Å². The first-order valence-corrected chi connectivity index (χ1v) is 7.08. The first kappa shape index (κ1) is 13.2. The van der Waals surface area contributed by atoms with Gasteiger partial charge in [0.1, 0.15) is 10.0 Å². The first-order valence-electron chi connectivity index (χ1n) is 6.27. The predicted octanol–water partition coefficient (Wildman–Crippen LogP) is 2.86. The standard InChI is InChI=1S/C14H19N3S/c1-4-15-9-14-17-16-13(18-14)8-12-6-5-10(2)11(3)7-12/h5-7,15H,4,8-9H2,1-3H3. The monoisotopic (exact) mass is 261 g/mol. The molecule has 2 rings (SSSR count). The molecule has 4 heteroatoms. The van der Waals surface area contributed by atoms with Crippen molar-refractivity contribution in [2.45, 2.75) is 33.7 Å². The summed E-state index contributed by atoms with van der Waals surface area (Å²) in [6.45, 7) is 8.16. The predicted molar refractivity (Wildman–Crippen MR) is 76.0 cm³/mol. The summed E-state index contributed by atoms with van der Waals surface area (Å²) < 4.78 is 0. The number of rotatable bonds is 5. The fraction of sp³-hybridized carbons (Fsp3) is 0.429. The van der Waals surface area contributed by atoms with Crippen LogP contribution in [0.1, 0.15) is 33.6 Å². The van der Waals surface area contributed by atoms with E-state index in [-0.39, 0.29) is 0 Å². The fourth-order valence-corrected chi connectivity index (χ4v) is 2.60. The summed E-state index contributed by atoms with van der Waals surface area (Å²) in [6.07, 6.45) is 0.880. The zero-order chi connectivity index (χ0) is 13.0. The highest BCUT2D eigenvalue weighted by atomic mass is 32.1. The zero-order valence-electron chi connectivity index (χ0n) is 11.2. The first-order chi connectivity index (χ1) is 8.69. The third-order valence-corrected chi connectivity index (χ3v) is 3.88.